The van der Waals surface area contributed by atoms with Crippen molar-refractivity contribution in [2.75, 3.05) is 4.90 Å². The summed E-state index contributed by atoms with van der Waals surface area (Å²) >= 11 is 3.75. The lowest BCUT2D eigenvalue weighted by atomic mass is 9.66. The van der Waals surface area contributed by atoms with Crippen molar-refractivity contribution in [3.63, 3.8) is 0 Å². The molecule has 2 spiro atoms. The monoisotopic (exact) mass is 875 g/mol. The molecule has 0 fully saturated rings. The van der Waals surface area contributed by atoms with Crippen molar-refractivity contribution in [3.05, 3.63) is 269 Å². The Morgan fingerprint density at radius 2 is 0.742 bits per heavy atom. The van der Waals surface area contributed by atoms with Crippen LogP contribution in [0.5, 0.6) is 11.5 Å². The van der Waals surface area contributed by atoms with E-state index in [2.05, 4.69) is 229 Å². The second kappa shape index (κ2) is 13.5. The van der Waals surface area contributed by atoms with Gasteiger partial charge in [0.15, 0.2) is 0 Å². The Morgan fingerprint density at radius 3 is 1.35 bits per heavy atom. The van der Waals surface area contributed by atoms with Crippen LogP contribution < -0.4 is 9.64 Å². The maximum Gasteiger partial charge on any atom is 0.132 e. The van der Waals surface area contributed by atoms with Gasteiger partial charge >= 0.3 is 0 Å². The molecule has 3 heterocycles. The Balaban J connectivity index is 1.03. The molecule has 0 unspecified atom stereocenters. The fourth-order valence-electron chi connectivity index (χ4n) is 12.3. The quantitative estimate of drug-likeness (QED) is 0.175. The molecular formula is C62H37NOS2. The number of ether oxygens (including phenoxy) is 1. The zero-order valence-corrected chi connectivity index (χ0v) is 37.2. The SMILES string of the molecule is c1ccc2c(c1)Oc1ccccc1C21c2ccccc2-c2ccc(N(c3ccc4c(c3)C3(c5ccccc5Sc5ccccc53)c3ccccc3-4)c3ccc4sc5ccccc5c4c3)cc21. The number of nitrogens with zero attached hydrogens (tertiary/aromatic N) is 1. The molecular weight excluding hydrogens is 839 g/mol. The number of para-hydroxylation sites is 2. The standard InChI is InChI=1S/C62H37NOS2/c1-4-18-47-41(15-1)43-32-29-39(36-53(43)61(47)49-20-6-10-24-55(49)64-56-25-11-7-21-50(56)61)63(38-31-34-58-46(35-38)45-17-3-12-26-57(45)65-58)40-30-33-44-42-16-2-5-19-48(42)62(54(44)37-40)51-22-8-13-27-59(51)66-60-28-14-9-23-52(60)62/h1-37H. The Morgan fingerprint density at radius 1 is 0.318 bits per heavy atom. The number of anilines is 3. The van der Waals surface area contributed by atoms with Gasteiger partial charge in [0.2, 0.25) is 0 Å². The Labute approximate surface area is 391 Å². The second-order valence-electron chi connectivity index (χ2n) is 17.9. The van der Waals surface area contributed by atoms with E-state index < -0.39 is 10.8 Å². The van der Waals surface area contributed by atoms with Gasteiger partial charge in [-0.3, -0.25) is 0 Å². The van der Waals surface area contributed by atoms with Crippen LogP contribution in [-0.2, 0) is 10.8 Å². The molecule has 10 aromatic carbocycles. The Hall–Kier alpha value is -7.63. The van der Waals surface area contributed by atoms with Crippen molar-refractivity contribution in [1.82, 2.24) is 0 Å². The molecule has 2 nitrogen and oxygen atoms in total. The maximum atomic E-state index is 6.74. The molecule has 15 rings (SSSR count). The second-order valence-corrected chi connectivity index (χ2v) is 20.0. The van der Waals surface area contributed by atoms with Crippen molar-refractivity contribution >= 4 is 60.3 Å². The van der Waals surface area contributed by atoms with Gasteiger partial charge in [0.25, 0.3) is 0 Å². The number of fused-ring (bicyclic) bond motifs is 21. The van der Waals surface area contributed by atoms with Crippen LogP contribution in [-0.4, -0.2) is 0 Å². The summed E-state index contributed by atoms with van der Waals surface area (Å²) in [5.74, 6) is 1.79. The summed E-state index contributed by atoms with van der Waals surface area (Å²) < 4.78 is 9.33. The van der Waals surface area contributed by atoms with Crippen molar-refractivity contribution in [3.8, 4) is 33.8 Å². The van der Waals surface area contributed by atoms with Crippen LogP contribution in [0.2, 0.25) is 0 Å². The van der Waals surface area contributed by atoms with Crippen molar-refractivity contribution in [1.29, 1.82) is 0 Å². The van der Waals surface area contributed by atoms with Crippen molar-refractivity contribution < 1.29 is 4.74 Å². The van der Waals surface area contributed by atoms with Gasteiger partial charge in [0.1, 0.15) is 11.5 Å². The van der Waals surface area contributed by atoms with Crippen molar-refractivity contribution in [2.24, 2.45) is 0 Å². The normalized spacial score (nSPS) is 14.7. The Bertz CT molecular complexity index is 3590. The fourth-order valence-corrected chi connectivity index (χ4v) is 14.5. The first kappa shape index (κ1) is 36.7. The molecule has 0 N–H and O–H groups in total. The molecule has 1 aromatic heterocycles. The summed E-state index contributed by atoms with van der Waals surface area (Å²) in [6, 6.07) is 83.9. The molecule has 308 valence electrons. The van der Waals surface area contributed by atoms with E-state index in [1.165, 1.54) is 85.6 Å². The summed E-state index contributed by atoms with van der Waals surface area (Å²) in [5.41, 5.74) is 17.5. The van der Waals surface area contributed by atoms with E-state index in [4.69, 9.17) is 4.74 Å². The van der Waals surface area contributed by atoms with Gasteiger partial charge in [-0.15, -0.1) is 11.3 Å². The summed E-state index contributed by atoms with van der Waals surface area (Å²) in [6.07, 6.45) is 0. The molecule has 0 saturated heterocycles. The molecule has 66 heavy (non-hydrogen) atoms. The van der Waals surface area contributed by atoms with Gasteiger partial charge in [0, 0.05) is 58.2 Å². The zero-order valence-electron chi connectivity index (χ0n) is 35.5. The highest BCUT2D eigenvalue weighted by atomic mass is 32.2. The first-order valence-corrected chi connectivity index (χ1v) is 24.3. The fraction of sp³-hybridized carbons (Fsp3) is 0.0323. The topological polar surface area (TPSA) is 12.5 Å². The molecule has 2 aliphatic heterocycles. The molecule has 2 aliphatic carbocycles. The molecule has 11 aromatic rings. The van der Waals surface area contributed by atoms with Crippen LogP contribution in [0.1, 0.15) is 44.5 Å². The average molecular weight is 876 g/mol. The molecule has 0 atom stereocenters. The summed E-state index contributed by atoms with van der Waals surface area (Å²) in [5, 5.41) is 2.56. The van der Waals surface area contributed by atoms with Crippen molar-refractivity contribution in [2.45, 2.75) is 20.6 Å². The third-order valence-corrected chi connectivity index (χ3v) is 17.1. The van der Waals surface area contributed by atoms with E-state index in [0.29, 0.717) is 0 Å². The number of rotatable bonds is 3. The van der Waals surface area contributed by atoms with E-state index in [0.717, 1.165) is 39.7 Å². The van der Waals surface area contributed by atoms with Gasteiger partial charge in [0.05, 0.1) is 10.8 Å². The predicted octanol–water partition coefficient (Wildman–Crippen LogP) is 16.8. The van der Waals surface area contributed by atoms with Gasteiger partial charge in [-0.05, 0) is 128 Å². The van der Waals surface area contributed by atoms with Gasteiger partial charge in [-0.1, -0.05) is 163 Å². The van der Waals surface area contributed by atoms with Crippen LogP contribution in [0.3, 0.4) is 0 Å². The first-order valence-electron chi connectivity index (χ1n) is 22.7. The van der Waals surface area contributed by atoms with Crippen LogP contribution in [0.15, 0.2) is 234 Å². The third-order valence-electron chi connectivity index (χ3n) is 14.8. The molecule has 0 amide bonds. The minimum atomic E-state index is -0.594. The largest absolute Gasteiger partial charge is 0.457 e. The van der Waals surface area contributed by atoms with Crippen LogP contribution in [0.4, 0.5) is 17.1 Å². The number of benzene rings is 10. The lowest BCUT2D eigenvalue weighted by molar-refractivity contribution is 0.436. The molecule has 0 bridgehead atoms. The highest BCUT2D eigenvalue weighted by molar-refractivity contribution is 7.99. The summed E-state index contributed by atoms with van der Waals surface area (Å²) in [6.45, 7) is 0. The summed E-state index contributed by atoms with van der Waals surface area (Å²) in [4.78, 5) is 5.12. The minimum Gasteiger partial charge on any atom is -0.457 e. The molecule has 0 radical (unpaired) electrons. The average Bonchev–Trinajstić information content (AvgIpc) is 3.99. The highest BCUT2D eigenvalue weighted by Gasteiger charge is 2.52. The molecule has 4 aliphatic rings. The van der Waals surface area contributed by atoms with Gasteiger partial charge in [-0.2, -0.15) is 0 Å². The molecule has 0 saturated carbocycles. The third kappa shape index (κ3) is 4.67. The number of hydrogen-bond acceptors (Lipinski definition) is 4. The summed E-state index contributed by atoms with van der Waals surface area (Å²) in [7, 11) is 0. The van der Waals surface area contributed by atoms with E-state index in [1.807, 2.05) is 23.1 Å². The lowest BCUT2D eigenvalue weighted by Crippen LogP contribution is -2.32. The minimum absolute atomic E-state index is 0.501. The van der Waals surface area contributed by atoms with Crippen LogP contribution in [0, 0.1) is 0 Å². The van der Waals surface area contributed by atoms with Crippen LogP contribution >= 0.6 is 23.1 Å². The Kier molecular flexibility index (Phi) is 7.48. The zero-order chi connectivity index (χ0) is 43.1. The van der Waals surface area contributed by atoms with Gasteiger partial charge in [-0.25, -0.2) is 0 Å². The highest BCUT2D eigenvalue weighted by Crippen LogP contribution is 2.65. The van der Waals surface area contributed by atoms with E-state index in [-0.39, 0.29) is 0 Å². The smallest absolute Gasteiger partial charge is 0.132 e. The van der Waals surface area contributed by atoms with E-state index >= 15 is 0 Å². The van der Waals surface area contributed by atoms with Crippen LogP contribution in [0.25, 0.3) is 42.4 Å². The maximum absolute atomic E-state index is 6.74. The van der Waals surface area contributed by atoms with Gasteiger partial charge < -0.3 is 9.64 Å². The lowest BCUT2D eigenvalue weighted by Gasteiger charge is -2.40. The molecule has 4 heteroatoms. The number of hydrogen-bond donors (Lipinski definition) is 0. The predicted molar refractivity (Wildman–Crippen MR) is 273 cm³/mol. The first-order chi connectivity index (χ1) is 32.7. The van der Waals surface area contributed by atoms with E-state index in [9.17, 15) is 0 Å². The van der Waals surface area contributed by atoms with E-state index in [1.54, 1.807) is 0 Å². The number of thiophene rings is 1.